The maximum Gasteiger partial charge on any atom is 0.306 e. The fourth-order valence-corrected chi connectivity index (χ4v) is 1.31. The topological polar surface area (TPSA) is 43.4 Å². The van der Waals surface area contributed by atoms with Crippen LogP contribution in [0.3, 0.4) is 0 Å². The highest BCUT2D eigenvalue weighted by atomic mass is 16.5. The van der Waals surface area contributed by atoms with Crippen molar-refractivity contribution in [3.63, 3.8) is 0 Å². The van der Waals surface area contributed by atoms with Crippen LogP contribution in [0.25, 0.3) is 0 Å². The van der Waals surface area contributed by atoms with Crippen molar-refractivity contribution >= 4 is 11.8 Å². The van der Waals surface area contributed by atoms with Crippen LogP contribution in [0.4, 0.5) is 0 Å². The van der Waals surface area contributed by atoms with Gasteiger partial charge in [-0.2, -0.15) is 0 Å². The summed E-state index contributed by atoms with van der Waals surface area (Å²) in [5, 5.41) is 0. The van der Waals surface area contributed by atoms with Crippen LogP contribution >= 0.6 is 0 Å². The molecule has 3 nitrogen and oxygen atoms in total. The number of Topliss-reactive ketones (excluding diaryl/α,β-unsaturated/α-hetero) is 1. The van der Waals surface area contributed by atoms with Gasteiger partial charge in [-0.05, 0) is 13.3 Å². The van der Waals surface area contributed by atoms with Crippen LogP contribution in [0.5, 0.6) is 0 Å². The van der Waals surface area contributed by atoms with E-state index >= 15 is 0 Å². The van der Waals surface area contributed by atoms with E-state index in [-0.39, 0.29) is 17.9 Å². The number of hydrogen-bond donors (Lipinski definition) is 0. The van der Waals surface area contributed by atoms with Gasteiger partial charge in [0.1, 0.15) is 11.9 Å². The molecule has 0 bridgehead atoms. The molecule has 0 heterocycles. The zero-order chi connectivity index (χ0) is 11.7. The van der Waals surface area contributed by atoms with Gasteiger partial charge < -0.3 is 4.74 Å². The largest absolute Gasteiger partial charge is 0.462 e. The third kappa shape index (κ3) is 8.16. The summed E-state index contributed by atoms with van der Waals surface area (Å²) in [6.07, 6.45) is 4.08. The fourth-order valence-electron chi connectivity index (χ4n) is 1.31. The SMILES string of the molecule is CCCCCC(=O)OC(C)CC(=O)CC. The highest BCUT2D eigenvalue weighted by Crippen LogP contribution is 2.05. The second-order valence-corrected chi connectivity index (χ2v) is 3.85. The molecule has 0 fully saturated rings. The molecule has 0 saturated carbocycles. The Morgan fingerprint density at radius 3 is 2.40 bits per heavy atom. The molecule has 88 valence electrons. The van der Waals surface area contributed by atoms with Crippen LogP contribution in [0.2, 0.25) is 0 Å². The lowest BCUT2D eigenvalue weighted by Crippen LogP contribution is -2.18. The van der Waals surface area contributed by atoms with E-state index in [0.717, 1.165) is 19.3 Å². The Kier molecular flexibility index (Phi) is 7.96. The lowest BCUT2D eigenvalue weighted by atomic mass is 10.1. The van der Waals surface area contributed by atoms with Gasteiger partial charge in [-0.25, -0.2) is 0 Å². The van der Waals surface area contributed by atoms with E-state index in [4.69, 9.17) is 4.74 Å². The summed E-state index contributed by atoms with van der Waals surface area (Å²) < 4.78 is 5.11. The summed E-state index contributed by atoms with van der Waals surface area (Å²) in [5.41, 5.74) is 0. The summed E-state index contributed by atoms with van der Waals surface area (Å²) >= 11 is 0. The molecule has 0 aliphatic rings. The standard InChI is InChI=1S/C12H22O3/c1-4-6-7-8-12(14)15-10(3)9-11(13)5-2/h10H,4-9H2,1-3H3. The second kappa shape index (κ2) is 8.45. The summed E-state index contributed by atoms with van der Waals surface area (Å²) in [4.78, 5) is 22.3. The summed E-state index contributed by atoms with van der Waals surface area (Å²) in [5.74, 6) is -0.0382. The minimum atomic E-state index is -0.272. The van der Waals surface area contributed by atoms with Crippen LogP contribution in [0.15, 0.2) is 0 Å². The molecule has 0 rings (SSSR count). The second-order valence-electron chi connectivity index (χ2n) is 3.85. The zero-order valence-electron chi connectivity index (χ0n) is 10.0. The lowest BCUT2D eigenvalue weighted by Gasteiger charge is -2.11. The molecule has 0 radical (unpaired) electrons. The molecule has 0 spiro atoms. The Morgan fingerprint density at radius 2 is 1.87 bits per heavy atom. The summed E-state index contributed by atoms with van der Waals surface area (Å²) in [6, 6.07) is 0. The van der Waals surface area contributed by atoms with E-state index < -0.39 is 0 Å². The van der Waals surface area contributed by atoms with Crippen LogP contribution < -0.4 is 0 Å². The first kappa shape index (κ1) is 14.1. The van der Waals surface area contributed by atoms with Gasteiger partial charge in [0.05, 0.1) is 0 Å². The first-order valence-electron chi connectivity index (χ1n) is 5.81. The molecule has 0 aromatic rings. The molecule has 15 heavy (non-hydrogen) atoms. The molecular weight excluding hydrogens is 192 g/mol. The molecule has 0 aromatic carbocycles. The summed E-state index contributed by atoms with van der Waals surface area (Å²) in [7, 11) is 0. The van der Waals surface area contributed by atoms with Gasteiger partial charge in [0.15, 0.2) is 0 Å². The van der Waals surface area contributed by atoms with E-state index in [1.165, 1.54) is 0 Å². The van der Waals surface area contributed by atoms with Gasteiger partial charge >= 0.3 is 5.97 Å². The van der Waals surface area contributed by atoms with E-state index in [2.05, 4.69) is 6.92 Å². The van der Waals surface area contributed by atoms with Gasteiger partial charge in [-0.1, -0.05) is 26.7 Å². The zero-order valence-corrected chi connectivity index (χ0v) is 10.0. The molecular formula is C12H22O3. The molecule has 3 heteroatoms. The number of carbonyl (C=O) groups is 2. The molecule has 1 unspecified atom stereocenters. The van der Waals surface area contributed by atoms with E-state index in [9.17, 15) is 9.59 Å². The normalized spacial score (nSPS) is 12.2. The van der Waals surface area contributed by atoms with Crippen molar-refractivity contribution in [3.05, 3.63) is 0 Å². The van der Waals surface area contributed by atoms with E-state index in [0.29, 0.717) is 19.3 Å². The number of carbonyl (C=O) groups excluding carboxylic acids is 2. The average molecular weight is 214 g/mol. The van der Waals surface area contributed by atoms with Crippen LogP contribution in [-0.4, -0.2) is 17.9 Å². The quantitative estimate of drug-likeness (QED) is 0.461. The van der Waals surface area contributed by atoms with Gasteiger partial charge in [0.25, 0.3) is 0 Å². The highest BCUT2D eigenvalue weighted by Gasteiger charge is 2.12. The van der Waals surface area contributed by atoms with Crippen LogP contribution in [-0.2, 0) is 14.3 Å². The number of esters is 1. The molecule has 0 N–H and O–H groups in total. The average Bonchev–Trinajstić information content (AvgIpc) is 2.17. The van der Waals surface area contributed by atoms with Crippen molar-refractivity contribution in [1.82, 2.24) is 0 Å². The van der Waals surface area contributed by atoms with Crippen molar-refractivity contribution in [2.75, 3.05) is 0 Å². The number of ketones is 1. The Hall–Kier alpha value is -0.860. The van der Waals surface area contributed by atoms with Crippen molar-refractivity contribution in [3.8, 4) is 0 Å². The van der Waals surface area contributed by atoms with Gasteiger partial charge in [0, 0.05) is 19.3 Å². The third-order valence-corrected chi connectivity index (χ3v) is 2.23. The number of hydrogen-bond acceptors (Lipinski definition) is 3. The molecule has 0 aliphatic heterocycles. The first-order valence-corrected chi connectivity index (χ1v) is 5.81. The van der Waals surface area contributed by atoms with Crippen LogP contribution in [0.1, 0.15) is 59.3 Å². The molecule has 0 saturated heterocycles. The van der Waals surface area contributed by atoms with Crippen molar-refractivity contribution in [2.24, 2.45) is 0 Å². The first-order chi connectivity index (χ1) is 7.10. The Bertz CT molecular complexity index is 199. The van der Waals surface area contributed by atoms with Gasteiger partial charge in [-0.15, -0.1) is 0 Å². The minimum absolute atomic E-state index is 0.142. The van der Waals surface area contributed by atoms with Crippen molar-refractivity contribution < 1.29 is 14.3 Å². The maximum atomic E-state index is 11.3. The van der Waals surface area contributed by atoms with Crippen LogP contribution in [0, 0.1) is 0 Å². The van der Waals surface area contributed by atoms with E-state index in [1.54, 1.807) is 6.92 Å². The monoisotopic (exact) mass is 214 g/mol. The number of rotatable bonds is 8. The Labute approximate surface area is 92.2 Å². The predicted octanol–water partition coefficient (Wildman–Crippen LogP) is 2.87. The molecule has 1 atom stereocenters. The fraction of sp³-hybridized carbons (Fsp3) is 0.833. The number of ether oxygens (including phenoxy) is 1. The molecule has 0 amide bonds. The number of unbranched alkanes of at least 4 members (excludes halogenated alkanes) is 2. The third-order valence-electron chi connectivity index (χ3n) is 2.23. The Morgan fingerprint density at radius 1 is 1.20 bits per heavy atom. The maximum absolute atomic E-state index is 11.3. The van der Waals surface area contributed by atoms with Gasteiger partial charge in [0.2, 0.25) is 0 Å². The van der Waals surface area contributed by atoms with Gasteiger partial charge in [-0.3, -0.25) is 9.59 Å². The molecule has 0 aromatic heterocycles. The Balaban J connectivity index is 3.62. The van der Waals surface area contributed by atoms with Crippen molar-refractivity contribution in [1.29, 1.82) is 0 Å². The smallest absolute Gasteiger partial charge is 0.306 e. The minimum Gasteiger partial charge on any atom is -0.462 e. The van der Waals surface area contributed by atoms with E-state index in [1.807, 2.05) is 6.92 Å². The lowest BCUT2D eigenvalue weighted by molar-refractivity contribution is -0.149. The highest BCUT2D eigenvalue weighted by molar-refractivity contribution is 5.79. The summed E-state index contributed by atoms with van der Waals surface area (Å²) in [6.45, 7) is 5.68. The predicted molar refractivity (Wildman–Crippen MR) is 59.6 cm³/mol. The van der Waals surface area contributed by atoms with Crippen molar-refractivity contribution in [2.45, 2.75) is 65.4 Å². The molecule has 0 aliphatic carbocycles.